The number of carbonyl (C=O) groups is 1. The number of methoxy groups -OCH3 is 2. The number of hydrogen-bond acceptors (Lipinski definition) is 5. The number of nitrogens with two attached hydrogens (primary N) is 1. The molecule has 0 atom stereocenters. The van der Waals surface area contributed by atoms with Crippen LogP contribution in [0, 0.1) is 0 Å². The van der Waals surface area contributed by atoms with E-state index < -0.39 is 0 Å². The highest BCUT2D eigenvalue weighted by Gasteiger charge is 2.14. The monoisotopic (exact) mass is 273 g/mol. The van der Waals surface area contributed by atoms with Crippen LogP contribution >= 0.6 is 0 Å². The summed E-state index contributed by atoms with van der Waals surface area (Å²) >= 11 is 0. The first kappa shape index (κ1) is 13.7. The number of amides is 1. The van der Waals surface area contributed by atoms with E-state index in [-0.39, 0.29) is 5.91 Å². The van der Waals surface area contributed by atoms with E-state index in [0.29, 0.717) is 28.6 Å². The van der Waals surface area contributed by atoms with Crippen molar-refractivity contribution in [3.05, 3.63) is 42.1 Å². The average molecular weight is 273 g/mol. The van der Waals surface area contributed by atoms with Gasteiger partial charge in [0.1, 0.15) is 11.4 Å². The predicted molar refractivity (Wildman–Crippen MR) is 76.1 cm³/mol. The third kappa shape index (κ3) is 2.80. The third-order valence-electron chi connectivity index (χ3n) is 2.68. The van der Waals surface area contributed by atoms with Crippen molar-refractivity contribution in [2.45, 2.75) is 0 Å². The summed E-state index contributed by atoms with van der Waals surface area (Å²) in [5.74, 6) is 0.425. The Bertz CT molecular complexity index is 629. The number of nitrogens with one attached hydrogen (secondary N) is 1. The minimum absolute atomic E-state index is 0.326. The van der Waals surface area contributed by atoms with Gasteiger partial charge in [-0.2, -0.15) is 0 Å². The number of anilines is 2. The minimum Gasteiger partial charge on any atom is -0.496 e. The van der Waals surface area contributed by atoms with Gasteiger partial charge in [-0.15, -0.1) is 0 Å². The average Bonchev–Trinajstić information content (AvgIpc) is 2.47. The molecule has 2 aromatic rings. The molecule has 3 N–H and O–H groups in total. The number of benzene rings is 1. The van der Waals surface area contributed by atoms with Crippen LogP contribution < -0.4 is 20.5 Å². The van der Waals surface area contributed by atoms with Gasteiger partial charge in [-0.3, -0.25) is 4.79 Å². The van der Waals surface area contributed by atoms with Crippen molar-refractivity contribution in [2.75, 3.05) is 25.3 Å². The van der Waals surface area contributed by atoms with Crippen molar-refractivity contribution in [2.24, 2.45) is 0 Å². The fraction of sp³-hybridized carbons (Fsp3) is 0.143. The standard InChI is InChI=1S/C14H15N3O3/c1-19-12-8-9(15)5-6-10(12)13(18)17-11-4-3-7-16-14(11)20-2/h3-8H,15H2,1-2H3,(H,17,18). The fourth-order valence-corrected chi connectivity index (χ4v) is 1.73. The van der Waals surface area contributed by atoms with Crippen LogP contribution in [-0.2, 0) is 0 Å². The highest BCUT2D eigenvalue weighted by atomic mass is 16.5. The van der Waals surface area contributed by atoms with Gasteiger partial charge in [0.15, 0.2) is 0 Å². The molecule has 0 aliphatic rings. The van der Waals surface area contributed by atoms with Gasteiger partial charge in [0.2, 0.25) is 5.88 Å². The van der Waals surface area contributed by atoms with Gasteiger partial charge in [-0.1, -0.05) is 0 Å². The van der Waals surface area contributed by atoms with E-state index in [2.05, 4.69) is 10.3 Å². The van der Waals surface area contributed by atoms with E-state index in [1.54, 1.807) is 36.5 Å². The van der Waals surface area contributed by atoms with Crippen LogP contribution in [0.3, 0.4) is 0 Å². The molecule has 0 saturated carbocycles. The van der Waals surface area contributed by atoms with Crippen LogP contribution in [0.15, 0.2) is 36.5 Å². The summed E-state index contributed by atoms with van der Waals surface area (Å²) < 4.78 is 10.2. The Kier molecular flexibility index (Phi) is 4.05. The molecule has 6 heteroatoms. The molecule has 0 bridgehead atoms. The smallest absolute Gasteiger partial charge is 0.259 e. The minimum atomic E-state index is -0.326. The highest BCUT2D eigenvalue weighted by molar-refractivity contribution is 6.07. The summed E-state index contributed by atoms with van der Waals surface area (Å²) in [5.41, 5.74) is 7.05. The van der Waals surface area contributed by atoms with Crippen LogP contribution in [0.4, 0.5) is 11.4 Å². The number of nitrogens with zero attached hydrogens (tertiary/aromatic N) is 1. The van der Waals surface area contributed by atoms with Gasteiger partial charge in [0.05, 0.1) is 19.8 Å². The lowest BCUT2D eigenvalue weighted by molar-refractivity contribution is 0.102. The maximum Gasteiger partial charge on any atom is 0.259 e. The third-order valence-corrected chi connectivity index (χ3v) is 2.68. The zero-order valence-electron chi connectivity index (χ0n) is 11.2. The van der Waals surface area contributed by atoms with Crippen molar-refractivity contribution < 1.29 is 14.3 Å². The molecule has 0 radical (unpaired) electrons. The summed E-state index contributed by atoms with van der Waals surface area (Å²) in [6.07, 6.45) is 1.58. The summed E-state index contributed by atoms with van der Waals surface area (Å²) in [4.78, 5) is 16.3. The normalized spacial score (nSPS) is 9.90. The lowest BCUT2D eigenvalue weighted by atomic mass is 10.1. The molecule has 0 fully saturated rings. The van der Waals surface area contributed by atoms with Gasteiger partial charge in [-0.05, 0) is 24.3 Å². The number of pyridine rings is 1. The van der Waals surface area contributed by atoms with E-state index in [9.17, 15) is 4.79 Å². The molecule has 0 spiro atoms. The molecule has 0 saturated heterocycles. The second-order valence-corrected chi connectivity index (χ2v) is 3.97. The van der Waals surface area contributed by atoms with Gasteiger partial charge in [0, 0.05) is 18.0 Å². The van der Waals surface area contributed by atoms with E-state index in [4.69, 9.17) is 15.2 Å². The fourth-order valence-electron chi connectivity index (χ4n) is 1.73. The maximum absolute atomic E-state index is 12.3. The Hall–Kier alpha value is -2.76. The molecule has 104 valence electrons. The molecule has 2 rings (SSSR count). The van der Waals surface area contributed by atoms with Crippen LogP contribution in [0.5, 0.6) is 11.6 Å². The molecule has 1 amide bonds. The molecule has 0 unspecified atom stereocenters. The lowest BCUT2D eigenvalue weighted by Gasteiger charge is -2.11. The van der Waals surface area contributed by atoms with Gasteiger partial charge in [-0.25, -0.2) is 4.98 Å². The van der Waals surface area contributed by atoms with E-state index in [0.717, 1.165) is 0 Å². The number of aromatic nitrogens is 1. The number of ether oxygens (including phenoxy) is 2. The van der Waals surface area contributed by atoms with E-state index in [1.807, 2.05) is 0 Å². The SMILES string of the molecule is COc1cc(N)ccc1C(=O)Nc1cccnc1OC. The highest BCUT2D eigenvalue weighted by Crippen LogP contribution is 2.25. The Balaban J connectivity index is 2.28. The number of hydrogen-bond donors (Lipinski definition) is 2. The van der Waals surface area contributed by atoms with Crippen molar-refractivity contribution in [1.29, 1.82) is 0 Å². The van der Waals surface area contributed by atoms with Crippen molar-refractivity contribution >= 4 is 17.3 Å². The summed E-state index contributed by atoms with van der Waals surface area (Å²) in [6, 6.07) is 8.24. The Morgan fingerprint density at radius 2 is 2.05 bits per heavy atom. The second kappa shape index (κ2) is 5.92. The van der Waals surface area contributed by atoms with Crippen molar-refractivity contribution in [3.63, 3.8) is 0 Å². The van der Waals surface area contributed by atoms with Gasteiger partial charge >= 0.3 is 0 Å². The Labute approximate surface area is 116 Å². The largest absolute Gasteiger partial charge is 0.496 e. The summed E-state index contributed by atoms with van der Waals surface area (Å²) in [6.45, 7) is 0. The first-order valence-electron chi connectivity index (χ1n) is 5.89. The first-order chi connectivity index (χ1) is 9.65. The van der Waals surface area contributed by atoms with Crippen LogP contribution in [0.1, 0.15) is 10.4 Å². The van der Waals surface area contributed by atoms with Crippen molar-refractivity contribution in [1.82, 2.24) is 4.98 Å². The van der Waals surface area contributed by atoms with Gasteiger partial charge in [0.25, 0.3) is 5.91 Å². The number of nitrogen functional groups attached to an aromatic ring is 1. The molecule has 20 heavy (non-hydrogen) atoms. The molecular weight excluding hydrogens is 258 g/mol. The predicted octanol–water partition coefficient (Wildman–Crippen LogP) is 1.93. The van der Waals surface area contributed by atoms with Crippen molar-refractivity contribution in [3.8, 4) is 11.6 Å². The molecule has 1 aromatic carbocycles. The second-order valence-electron chi connectivity index (χ2n) is 3.97. The molecule has 0 aliphatic heterocycles. The quantitative estimate of drug-likeness (QED) is 0.831. The zero-order chi connectivity index (χ0) is 14.5. The molecule has 1 aromatic heterocycles. The van der Waals surface area contributed by atoms with Crippen LogP contribution in [0.2, 0.25) is 0 Å². The summed E-state index contributed by atoms with van der Waals surface area (Å²) in [7, 11) is 2.97. The molecular formula is C14H15N3O3. The zero-order valence-corrected chi connectivity index (χ0v) is 11.2. The first-order valence-corrected chi connectivity index (χ1v) is 5.89. The molecule has 1 heterocycles. The van der Waals surface area contributed by atoms with Crippen LogP contribution in [-0.4, -0.2) is 25.1 Å². The van der Waals surface area contributed by atoms with E-state index >= 15 is 0 Å². The van der Waals surface area contributed by atoms with Crippen LogP contribution in [0.25, 0.3) is 0 Å². The number of rotatable bonds is 4. The lowest BCUT2D eigenvalue weighted by Crippen LogP contribution is -2.14. The maximum atomic E-state index is 12.3. The van der Waals surface area contributed by atoms with Gasteiger partial charge < -0.3 is 20.5 Å². The molecule has 6 nitrogen and oxygen atoms in total. The summed E-state index contributed by atoms with van der Waals surface area (Å²) in [5, 5.41) is 2.72. The topological polar surface area (TPSA) is 86.5 Å². The Morgan fingerprint density at radius 1 is 1.25 bits per heavy atom. The number of carbonyl (C=O) groups excluding carboxylic acids is 1. The Morgan fingerprint density at radius 3 is 2.75 bits per heavy atom. The van der Waals surface area contributed by atoms with E-state index in [1.165, 1.54) is 14.2 Å². The molecule has 0 aliphatic carbocycles.